The van der Waals surface area contributed by atoms with Crippen LogP contribution < -0.4 is 5.32 Å². The van der Waals surface area contributed by atoms with E-state index in [1.54, 1.807) is 12.1 Å². The molecular formula is C17H23ClN2O3. The van der Waals surface area contributed by atoms with Gasteiger partial charge in [-0.05, 0) is 37.0 Å². The SMILES string of the molecule is CC1CC(C(=O)O)CN(C(C)C(=O)NCc2ccc(Cl)cc2)C1. The van der Waals surface area contributed by atoms with Crippen molar-refractivity contribution < 1.29 is 14.7 Å². The summed E-state index contributed by atoms with van der Waals surface area (Å²) in [7, 11) is 0. The third kappa shape index (κ3) is 4.94. The van der Waals surface area contributed by atoms with Gasteiger partial charge in [-0.1, -0.05) is 30.7 Å². The zero-order chi connectivity index (χ0) is 17.0. The molecule has 0 saturated carbocycles. The average Bonchev–Trinajstić information content (AvgIpc) is 2.52. The highest BCUT2D eigenvalue weighted by Gasteiger charge is 2.33. The molecule has 2 rings (SSSR count). The summed E-state index contributed by atoms with van der Waals surface area (Å²) in [6.07, 6.45) is 0.672. The Morgan fingerprint density at radius 2 is 2.00 bits per heavy atom. The van der Waals surface area contributed by atoms with Gasteiger partial charge in [0.1, 0.15) is 0 Å². The molecule has 23 heavy (non-hydrogen) atoms. The second-order valence-corrected chi connectivity index (χ2v) is 6.79. The predicted octanol–water partition coefficient (Wildman–Crippen LogP) is 2.39. The van der Waals surface area contributed by atoms with Crippen molar-refractivity contribution in [2.75, 3.05) is 13.1 Å². The summed E-state index contributed by atoms with van der Waals surface area (Å²) in [5.74, 6) is -0.991. The minimum atomic E-state index is -0.782. The normalized spacial score (nSPS) is 23.3. The van der Waals surface area contributed by atoms with Gasteiger partial charge in [-0.25, -0.2) is 0 Å². The molecule has 1 aromatic rings. The van der Waals surface area contributed by atoms with E-state index in [9.17, 15) is 14.7 Å². The first-order valence-electron chi connectivity index (χ1n) is 7.86. The van der Waals surface area contributed by atoms with E-state index in [1.165, 1.54) is 0 Å². The van der Waals surface area contributed by atoms with Crippen molar-refractivity contribution in [2.45, 2.75) is 32.9 Å². The summed E-state index contributed by atoms with van der Waals surface area (Å²) in [6, 6.07) is 6.98. The Labute approximate surface area is 141 Å². The fourth-order valence-electron chi connectivity index (χ4n) is 2.99. The number of likely N-dealkylation sites (tertiary alicyclic amines) is 1. The van der Waals surface area contributed by atoms with Gasteiger partial charge < -0.3 is 10.4 Å². The topological polar surface area (TPSA) is 69.6 Å². The molecule has 1 aromatic carbocycles. The van der Waals surface area contributed by atoms with E-state index in [0.29, 0.717) is 24.5 Å². The third-order valence-corrected chi connectivity index (χ3v) is 4.60. The van der Waals surface area contributed by atoms with Crippen molar-refractivity contribution in [2.24, 2.45) is 11.8 Å². The van der Waals surface area contributed by atoms with Gasteiger partial charge in [0.2, 0.25) is 5.91 Å². The number of benzene rings is 1. The monoisotopic (exact) mass is 338 g/mol. The summed E-state index contributed by atoms with van der Waals surface area (Å²) < 4.78 is 0. The number of piperidine rings is 1. The Bertz CT molecular complexity index is 561. The van der Waals surface area contributed by atoms with Gasteiger partial charge in [-0.3, -0.25) is 14.5 Å². The maximum absolute atomic E-state index is 12.3. The predicted molar refractivity (Wildman–Crippen MR) is 89.2 cm³/mol. The molecule has 0 spiro atoms. The highest BCUT2D eigenvalue weighted by atomic mass is 35.5. The van der Waals surface area contributed by atoms with Crippen molar-refractivity contribution in [1.29, 1.82) is 0 Å². The minimum Gasteiger partial charge on any atom is -0.481 e. The Morgan fingerprint density at radius 1 is 1.35 bits per heavy atom. The molecule has 3 unspecified atom stereocenters. The minimum absolute atomic E-state index is 0.0850. The molecule has 3 atom stereocenters. The number of carbonyl (C=O) groups is 2. The summed E-state index contributed by atoms with van der Waals surface area (Å²) in [5, 5.41) is 12.8. The van der Waals surface area contributed by atoms with Crippen molar-refractivity contribution in [3.63, 3.8) is 0 Å². The number of rotatable bonds is 5. The van der Waals surface area contributed by atoms with E-state index in [0.717, 1.165) is 12.1 Å². The van der Waals surface area contributed by atoms with Crippen LogP contribution in [0.2, 0.25) is 5.02 Å². The standard InChI is InChI=1S/C17H23ClN2O3/c1-11-7-14(17(22)23)10-20(9-11)12(2)16(21)19-8-13-3-5-15(18)6-4-13/h3-6,11-12,14H,7-10H2,1-2H3,(H,19,21)(H,22,23). The van der Waals surface area contributed by atoms with Gasteiger partial charge in [0.25, 0.3) is 0 Å². The lowest BCUT2D eigenvalue weighted by Gasteiger charge is -2.37. The first-order valence-corrected chi connectivity index (χ1v) is 8.23. The first kappa shape index (κ1) is 17.8. The number of nitrogens with zero attached hydrogens (tertiary/aromatic N) is 1. The van der Waals surface area contributed by atoms with Crippen LogP contribution in [0.15, 0.2) is 24.3 Å². The van der Waals surface area contributed by atoms with Gasteiger partial charge >= 0.3 is 5.97 Å². The van der Waals surface area contributed by atoms with Gasteiger partial charge in [0, 0.05) is 24.7 Å². The first-order chi connectivity index (χ1) is 10.9. The van der Waals surface area contributed by atoms with Gasteiger partial charge in [-0.15, -0.1) is 0 Å². The quantitative estimate of drug-likeness (QED) is 0.865. The molecule has 1 heterocycles. The summed E-state index contributed by atoms with van der Waals surface area (Å²) >= 11 is 5.84. The highest BCUT2D eigenvalue weighted by Crippen LogP contribution is 2.23. The van der Waals surface area contributed by atoms with Crippen LogP contribution in [0.1, 0.15) is 25.8 Å². The molecule has 1 saturated heterocycles. The fraction of sp³-hybridized carbons (Fsp3) is 0.529. The Morgan fingerprint density at radius 3 is 2.61 bits per heavy atom. The van der Waals surface area contributed by atoms with Crippen LogP contribution in [0.5, 0.6) is 0 Å². The molecule has 0 aromatic heterocycles. The number of amides is 1. The summed E-state index contributed by atoms with van der Waals surface area (Å²) in [6.45, 7) is 5.47. The molecule has 1 amide bonds. The molecular weight excluding hydrogens is 316 g/mol. The molecule has 126 valence electrons. The van der Waals surface area contributed by atoms with Crippen LogP contribution >= 0.6 is 11.6 Å². The maximum atomic E-state index is 12.3. The highest BCUT2D eigenvalue weighted by molar-refractivity contribution is 6.30. The molecule has 1 fully saturated rings. The average molecular weight is 339 g/mol. The Hall–Kier alpha value is -1.59. The van der Waals surface area contributed by atoms with Crippen LogP contribution in [-0.4, -0.2) is 41.0 Å². The number of carboxylic acid groups (broad SMARTS) is 1. The van der Waals surface area contributed by atoms with E-state index in [-0.39, 0.29) is 17.9 Å². The number of halogens is 1. The molecule has 1 aliphatic rings. The second-order valence-electron chi connectivity index (χ2n) is 6.35. The van der Waals surface area contributed by atoms with Crippen LogP contribution in [-0.2, 0) is 16.1 Å². The lowest BCUT2D eigenvalue weighted by atomic mass is 9.89. The molecule has 2 N–H and O–H groups in total. The number of carboxylic acids is 1. The zero-order valence-electron chi connectivity index (χ0n) is 13.5. The van der Waals surface area contributed by atoms with E-state index in [2.05, 4.69) is 5.32 Å². The van der Waals surface area contributed by atoms with Gasteiger partial charge in [-0.2, -0.15) is 0 Å². The second kappa shape index (κ2) is 7.79. The molecule has 0 aliphatic carbocycles. The maximum Gasteiger partial charge on any atom is 0.307 e. The molecule has 0 bridgehead atoms. The number of aliphatic carboxylic acids is 1. The van der Waals surface area contributed by atoms with Crippen LogP contribution in [0, 0.1) is 11.8 Å². The van der Waals surface area contributed by atoms with E-state index in [4.69, 9.17) is 11.6 Å². The zero-order valence-corrected chi connectivity index (χ0v) is 14.2. The van der Waals surface area contributed by atoms with Crippen molar-refractivity contribution >= 4 is 23.5 Å². The molecule has 6 heteroatoms. The lowest BCUT2D eigenvalue weighted by molar-refractivity contribution is -0.146. The number of nitrogens with one attached hydrogen (secondary N) is 1. The summed E-state index contributed by atoms with van der Waals surface area (Å²) in [4.78, 5) is 25.5. The van der Waals surface area contributed by atoms with Crippen LogP contribution in [0.3, 0.4) is 0 Å². The number of hydrogen-bond acceptors (Lipinski definition) is 3. The lowest BCUT2D eigenvalue weighted by Crippen LogP contribution is -2.52. The van der Waals surface area contributed by atoms with E-state index >= 15 is 0 Å². The van der Waals surface area contributed by atoms with Crippen molar-refractivity contribution in [1.82, 2.24) is 10.2 Å². The molecule has 0 radical (unpaired) electrons. The largest absolute Gasteiger partial charge is 0.481 e. The number of hydrogen-bond donors (Lipinski definition) is 2. The Kier molecular flexibility index (Phi) is 6.02. The molecule has 1 aliphatic heterocycles. The van der Waals surface area contributed by atoms with Crippen molar-refractivity contribution in [3.8, 4) is 0 Å². The summed E-state index contributed by atoms with van der Waals surface area (Å²) in [5.41, 5.74) is 0.977. The van der Waals surface area contributed by atoms with Gasteiger partial charge in [0.15, 0.2) is 0 Å². The molecule has 5 nitrogen and oxygen atoms in total. The van der Waals surface area contributed by atoms with Gasteiger partial charge in [0.05, 0.1) is 12.0 Å². The smallest absolute Gasteiger partial charge is 0.307 e. The fourth-order valence-corrected chi connectivity index (χ4v) is 3.12. The van der Waals surface area contributed by atoms with E-state index < -0.39 is 11.9 Å². The van der Waals surface area contributed by atoms with Crippen LogP contribution in [0.25, 0.3) is 0 Å². The van der Waals surface area contributed by atoms with Crippen molar-refractivity contribution in [3.05, 3.63) is 34.9 Å². The Balaban J connectivity index is 1.90. The third-order valence-electron chi connectivity index (χ3n) is 4.34. The van der Waals surface area contributed by atoms with Crippen LogP contribution in [0.4, 0.5) is 0 Å². The number of carbonyl (C=O) groups excluding carboxylic acids is 1. The van der Waals surface area contributed by atoms with E-state index in [1.807, 2.05) is 30.9 Å².